The molecule has 2 aromatic carbocycles. The molecule has 1 N–H and O–H groups in total. The van der Waals surface area contributed by atoms with E-state index in [1.165, 1.54) is 24.0 Å². The van der Waals surface area contributed by atoms with Gasteiger partial charge in [0.25, 0.3) is 0 Å². The van der Waals surface area contributed by atoms with Crippen LogP contribution in [0.3, 0.4) is 0 Å². The topological polar surface area (TPSA) is 21.3 Å². The van der Waals surface area contributed by atoms with Crippen molar-refractivity contribution in [2.75, 3.05) is 13.7 Å². The molecule has 0 radical (unpaired) electrons. The minimum absolute atomic E-state index is 0.489. The molecule has 1 atom stereocenters. The maximum atomic E-state index is 5.50. The molecule has 21 heavy (non-hydrogen) atoms. The highest BCUT2D eigenvalue weighted by Gasteiger charge is 2.23. The molecule has 2 aromatic rings. The van der Waals surface area contributed by atoms with Crippen molar-refractivity contribution in [2.45, 2.75) is 31.2 Å². The van der Waals surface area contributed by atoms with E-state index in [1.54, 1.807) is 7.11 Å². The summed E-state index contributed by atoms with van der Waals surface area (Å²) < 4.78 is 5.50. The molecule has 0 heterocycles. The van der Waals surface area contributed by atoms with E-state index in [1.807, 2.05) is 12.1 Å². The molecule has 1 unspecified atom stereocenters. The lowest BCUT2D eigenvalue weighted by atomic mass is 9.91. The zero-order valence-electron chi connectivity index (χ0n) is 12.6. The van der Waals surface area contributed by atoms with Crippen LogP contribution in [0.25, 0.3) is 0 Å². The van der Waals surface area contributed by atoms with E-state index in [-0.39, 0.29) is 0 Å². The van der Waals surface area contributed by atoms with Gasteiger partial charge in [0.1, 0.15) is 5.75 Å². The minimum Gasteiger partial charge on any atom is -0.496 e. The standard InChI is InChI=1S/C19H23NO/c1-21-19-10-6-5-9-16(19)13-17(14-20-18-11-12-18)15-7-3-2-4-8-15/h2-10,17-18,20H,11-14H2,1H3. The van der Waals surface area contributed by atoms with Gasteiger partial charge in [-0.1, -0.05) is 48.5 Å². The normalized spacial score (nSPS) is 15.7. The van der Waals surface area contributed by atoms with Crippen LogP contribution < -0.4 is 10.1 Å². The van der Waals surface area contributed by atoms with Crippen molar-refractivity contribution in [1.29, 1.82) is 0 Å². The summed E-state index contributed by atoms with van der Waals surface area (Å²) in [6, 6.07) is 19.9. The van der Waals surface area contributed by atoms with E-state index >= 15 is 0 Å². The van der Waals surface area contributed by atoms with E-state index in [2.05, 4.69) is 47.8 Å². The molecule has 1 fully saturated rings. The van der Waals surface area contributed by atoms with Gasteiger partial charge in [-0.2, -0.15) is 0 Å². The summed E-state index contributed by atoms with van der Waals surface area (Å²) in [4.78, 5) is 0. The van der Waals surface area contributed by atoms with Crippen molar-refractivity contribution in [2.24, 2.45) is 0 Å². The molecule has 0 bridgehead atoms. The first kappa shape index (κ1) is 14.2. The lowest BCUT2D eigenvalue weighted by molar-refractivity contribution is 0.407. The lowest BCUT2D eigenvalue weighted by Gasteiger charge is -2.19. The molecule has 0 aromatic heterocycles. The second-order valence-electron chi connectivity index (χ2n) is 5.81. The van der Waals surface area contributed by atoms with Crippen molar-refractivity contribution in [3.63, 3.8) is 0 Å². The summed E-state index contributed by atoms with van der Waals surface area (Å²) in [5.41, 5.74) is 2.68. The van der Waals surface area contributed by atoms with Gasteiger partial charge in [-0.05, 0) is 36.5 Å². The third-order valence-electron chi connectivity index (χ3n) is 4.16. The summed E-state index contributed by atoms with van der Waals surface area (Å²) in [5, 5.41) is 3.67. The smallest absolute Gasteiger partial charge is 0.122 e. The molecule has 0 amide bonds. The Morgan fingerprint density at radius 1 is 1.05 bits per heavy atom. The largest absolute Gasteiger partial charge is 0.496 e. The lowest BCUT2D eigenvalue weighted by Crippen LogP contribution is -2.25. The molecule has 0 spiro atoms. The Hall–Kier alpha value is -1.80. The fraction of sp³-hybridized carbons (Fsp3) is 0.368. The van der Waals surface area contributed by atoms with E-state index in [0.717, 1.165) is 24.8 Å². The van der Waals surface area contributed by atoms with Gasteiger partial charge in [0.2, 0.25) is 0 Å². The quantitative estimate of drug-likeness (QED) is 0.834. The van der Waals surface area contributed by atoms with E-state index in [0.29, 0.717) is 5.92 Å². The first-order valence-electron chi connectivity index (χ1n) is 7.77. The predicted molar refractivity (Wildman–Crippen MR) is 86.9 cm³/mol. The highest BCUT2D eigenvalue weighted by Crippen LogP contribution is 2.27. The summed E-state index contributed by atoms with van der Waals surface area (Å²) in [6.07, 6.45) is 3.67. The monoisotopic (exact) mass is 281 g/mol. The van der Waals surface area contributed by atoms with Gasteiger partial charge in [-0.25, -0.2) is 0 Å². The maximum absolute atomic E-state index is 5.50. The summed E-state index contributed by atoms with van der Waals surface area (Å²) in [6.45, 7) is 1.03. The van der Waals surface area contributed by atoms with Crippen molar-refractivity contribution >= 4 is 0 Å². The van der Waals surface area contributed by atoms with Crippen molar-refractivity contribution < 1.29 is 4.74 Å². The summed E-state index contributed by atoms with van der Waals surface area (Å²) in [5.74, 6) is 1.48. The third kappa shape index (κ3) is 3.85. The van der Waals surface area contributed by atoms with Crippen molar-refractivity contribution in [1.82, 2.24) is 5.32 Å². The second kappa shape index (κ2) is 6.77. The van der Waals surface area contributed by atoms with Gasteiger partial charge in [0.05, 0.1) is 7.11 Å². The number of ether oxygens (including phenoxy) is 1. The zero-order chi connectivity index (χ0) is 14.5. The SMILES string of the molecule is COc1ccccc1CC(CNC1CC1)c1ccccc1. The molecule has 110 valence electrons. The van der Waals surface area contributed by atoms with E-state index < -0.39 is 0 Å². The molecule has 2 heteroatoms. The van der Waals surface area contributed by atoms with Crippen molar-refractivity contribution in [3.05, 3.63) is 65.7 Å². The predicted octanol–water partition coefficient (Wildman–Crippen LogP) is 3.77. The molecule has 2 nitrogen and oxygen atoms in total. The van der Waals surface area contributed by atoms with Gasteiger partial charge >= 0.3 is 0 Å². The number of benzene rings is 2. The average Bonchev–Trinajstić information content (AvgIpc) is 3.37. The van der Waals surface area contributed by atoms with Crippen LogP contribution in [0.15, 0.2) is 54.6 Å². The fourth-order valence-electron chi connectivity index (χ4n) is 2.77. The maximum Gasteiger partial charge on any atom is 0.122 e. The van der Waals surface area contributed by atoms with Crippen LogP contribution in [0.5, 0.6) is 5.75 Å². The van der Waals surface area contributed by atoms with Gasteiger partial charge in [-0.3, -0.25) is 0 Å². The average molecular weight is 281 g/mol. The Morgan fingerprint density at radius 3 is 2.48 bits per heavy atom. The van der Waals surface area contributed by atoms with Crippen LogP contribution in [0, 0.1) is 0 Å². The zero-order valence-corrected chi connectivity index (χ0v) is 12.6. The summed E-state index contributed by atoms with van der Waals surface area (Å²) in [7, 11) is 1.75. The molecule has 1 aliphatic carbocycles. The number of hydrogen-bond donors (Lipinski definition) is 1. The Bertz CT molecular complexity index is 563. The number of rotatable bonds is 7. The number of para-hydroxylation sites is 1. The Labute approximate surface area is 127 Å². The Balaban J connectivity index is 1.77. The Kier molecular flexibility index (Phi) is 4.56. The van der Waals surface area contributed by atoms with Gasteiger partial charge in [0, 0.05) is 18.5 Å². The van der Waals surface area contributed by atoms with Crippen LogP contribution in [-0.2, 0) is 6.42 Å². The molecule has 0 aliphatic heterocycles. The number of hydrogen-bond acceptors (Lipinski definition) is 2. The van der Waals surface area contributed by atoms with E-state index in [9.17, 15) is 0 Å². The van der Waals surface area contributed by atoms with Gasteiger partial charge in [0.15, 0.2) is 0 Å². The molecule has 0 saturated heterocycles. The molecule has 3 rings (SSSR count). The summed E-state index contributed by atoms with van der Waals surface area (Å²) >= 11 is 0. The first-order chi connectivity index (χ1) is 10.4. The second-order valence-corrected chi connectivity index (χ2v) is 5.81. The molecule has 1 saturated carbocycles. The number of methoxy groups -OCH3 is 1. The highest BCUT2D eigenvalue weighted by atomic mass is 16.5. The molecular weight excluding hydrogens is 258 g/mol. The molecular formula is C19H23NO. The molecule has 1 aliphatic rings. The fourth-order valence-corrected chi connectivity index (χ4v) is 2.77. The van der Waals surface area contributed by atoms with Gasteiger partial charge < -0.3 is 10.1 Å². The third-order valence-corrected chi connectivity index (χ3v) is 4.16. The highest BCUT2D eigenvalue weighted by molar-refractivity contribution is 5.35. The van der Waals surface area contributed by atoms with Crippen LogP contribution in [0.2, 0.25) is 0 Å². The van der Waals surface area contributed by atoms with Crippen LogP contribution in [0.4, 0.5) is 0 Å². The first-order valence-corrected chi connectivity index (χ1v) is 7.77. The van der Waals surface area contributed by atoms with Gasteiger partial charge in [-0.15, -0.1) is 0 Å². The van der Waals surface area contributed by atoms with Crippen LogP contribution in [-0.4, -0.2) is 19.7 Å². The van der Waals surface area contributed by atoms with Crippen LogP contribution >= 0.6 is 0 Å². The number of nitrogens with one attached hydrogen (secondary N) is 1. The van der Waals surface area contributed by atoms with E-state index in [4.69, 9.17) is 4.74 Å². The van der Waals surface area contributed by atoms with Crippen LogP contribution in [0.1, 0.15) is 29.9 Å². The Morgan fingerprint density at radius 2 is 1.76 bits per heavy atom. The van der Waals surface area contributed by atoms with Crippen molar-refractivity contribution in [3.8, 4) is 5.75 Å². The minimum atomic E-state index is 0.489.